The predicted molar refractivity (Wildman–Crippen MR) is 235 cm³/mol. The third kappa shape index (κ3) is 5.32. The first-order valence-electron chi connectivity index (χ1n) is 18.7. The van der Waals surface area contributed by atoms with Gasteiger partial charge >= 0.3 is 0 Å². The minimum absolute atomic E-state index is 0.907. The number of para-hydroxylation sites is 2. The summed E-state index contributed by atoms with van der Waals surface area (Å²) < 4.78 is 9.05. The second-order valence-corrected chi connectivity index (χ2v) is 15.2. The molecule has 55 heavy (non-hydrogen) atoms. The van der Waals surface area contributed by atoms with Gasteiger partial charge in [0.15, 0.2) is 0 Å². The van der Waals surface area contributed by atoms with Gasteiger partial charge in [0.2, 0.25) is 0 Å². The van der Waals surface area contributed by atoms with Crippen LogP contribution in [0.3, 0.4) is 0 Å². The lowest BCUT2D eigenvalue weighted by Crippen LogP contribution is -2.10. The maximum Gasteiger partial charge on any atom is 0.143 e. The monoisotopic (exact) mass is 719 g/mol. The molecule has 0 atom stereocenters. The van der Waals surface area contributed by atoms with Gasteiger partial charge < -0.3 is 9.32 Å². The maximum atomic E-state index is 6.44. The standard InChI is InChI=1S/C52H33NOS/c1-2-18-41-34(12-1)13-9-21-42(41)36-14-7-16-39(32-36)53(38-30-28-35(29-31-38)44-23-10-24-46-45-19-3-5-25-48(45)54-52(44)46)40-17-8-15-37(33-40)43-22-11-27-50-51(43)47-20-4-6-26-49(47)55-50/h1-33H. The quantitative estimate of drug-likeness (QED) is 0.170. The van der Waals surface area contributed by atoms with Gasteiger partial charge in [0.1, 0.15) is 11.2 Å². The van der Waals surface area contributed by atoms with E-state index in [0.717, 1.165) is 50.1 Å². The number of fused-ring (bicyclic) bond motifs is 7. The third-order valence-electron chi connectivity index (χ3n) is 10.9. The van der Waals surface area contributed by atoms with Gasteiger partial charge in [-0.2, -0.15) is 0 Å². The summed E-state index contributed by atoms with van der Waals surface area (Å²) in [6.45, 7) is 0. The fraction of sp³-hybridized carbons (Fsp3) is 0. The molecule has 0 saturated heterocycles. The molecular formula is C52H33NOS. The van der Waals surface area contributed by atoms with E-state index < -0.39 is 0 Å². The molecule has 0 aliphatic carbocycles. The minimum Gasteiger partial charge on any atom is -0.455 e. The van der Waals surface area contributed by atoms with Crippen molar-refractivity contribution >= 4 is 81.3 Å². The molecule has 0 N–H and O–H groups in total. The fourth-order valence-corrected chi connectivity index (χ4v) is 9.46. The van der Waals surface area contributed by atoms with Gasteiger partial charge in [-0.15, -0.1) is 11.3 Å². The average molecular weight is 720 g/mol. The van der Waals surface area contributed by atoms with Crippen LogP contribution < -0.4 is 4.90 Å². The number of anilines is 3. The molecule has 2 aromatic heterocycles. The Balaban J connectivity index is 1.07. The van der Waals surface area contributed by atoms with Crippen LogP contribution in [0.25, 0.3) is 86.3 Å². The second kappa shape index (κ2) is 12.9. The molecule has 0 fully saturated rings. The van der Waals surface area contributed by atoms with E-state index in [0.29, 0.717) is 0 Å². The third-order valence-corrected chi connectivity index (χ3v) is 12.0. The molecule has 0 saturated carbocycles. The predicted octanol–water partition coefficient (Wildman–Crippen LogP) is 15.6. The minimum atomic E-state index is 0.907. The lowest BCUT2D eigenvalue weighted by Gasteiger charge is -2.27. The summed E-state index contributed by atoms with van der Waals surface area (Å²) in [6.07, 6.45) is 0. The van der Waals surface area contributed by atoms with Crippen molar-refractivity contribution in [1.29, 1.82) is 0 Å². The van der Waals surface area contributed by atoms with Crippen molar-refractivity contribution in [3.8, 4) is 33.4 Å². The molecule has 258 valence electrons. The van der Waals surface area contributed by atoms with Gasteiger partial charge in [0.05, 0.1) is 0 Å². The van der Waals surface area contributed by atoms with Crippen molar-refractivity contribution in [1.82, 2.24) is 0 Å². The smallest absolute Gasteiger partial charge is 0.143 e. The Morgan fingerprint density at radius 2 is 0.945 bits per heavy atom. The number of furan rings is 1. The summed E-state index contributed by atoms with van der Waals surface area (Å²) in [7, 11) is 0. The van der Waals surface area contributed by atoms with Crippen LogP contribution in [0.4, 0.5) is 17.1 Å². The van der Waals surface area contributed by atoms with Crippen molar-refractivity contribution in [2.24, 2.45) is 0 Å². The van der Waals surface area contributed by atoms with Crippen molar-refractivity contribution in [3.05, 3.63) is 200 Å². The number of rotatable bonds is 6. The lowest BCUT2D eigenvalue weighted by atomic mass is 9.97. The first-order chi connectivity index (χ1) is 27.3. The molecule has 0 aliphatic rings. The van der Waals surface area contributed by atoms with Gasteiger partial charge in [-0.1, -0.05) is 146 Å². The van der Waals surface area contributed by atoms with Crippen molar-refractivity contribution in [2.45, 2.75) is 0 Å². The molecule has 11 rings (SSSR count). The van der Waals surface area contributed by atoms with Gasteiger partial charge in [-0.3, -0.25) is 0 Å². The zero-order valence-electron chi connectivity index (χ0n) is 29.8. The van der Waals surface area contributed by atoms with Crippen molar-refractivity contribution in [3.63, 3.8) is 0 Å². The van der Waals surface area contributed by atoms with E-state index in [-0.39, 0.29) is 0 Å². The summed E-state index contributed by atoms with van der Waals surface area (Å²) in [5.41, 5.74) is 12.1. The van der Waals surface area contributed by atoms with Crippen LogP contribution in [0.5, 0.6) is 0 Å². The van der Waals surface area contributed by atoms with Crippen molar-refractivity contribution in [2.75, 3.05) is 4.90 Å². The van der Waals surface area contributed by atoms with Crippen LogP contribution >= 0.6 is 11.3 Å². The molecule has 2 heterocycles. The molecule has 0 aliphatic heterocycles. The second-order valence-electron chi connectivity index (χ2n) is 14.1. The molecule has 0 radical (unpaired) electrons. The fourth-order valence-electron chi connectivity index (χ4n) is 8.33. The average Bonchev–Trinajstić information content (AvgIpc) is 3.83. The molecule has 11 aromatic rings. The van der Waals surface area contributed by atoms with Crippen LogP contribution in [-0.4, -0.2) is 0 Å². The van der Waals surface area contributed by atoms with E-state index >= 15 is 0 Å². The Hall–Kier alpha value is -6.94. The number of nitrogens with zero attached hydrogens (tertiary/aromatic N) is 1. The van der Waals surface area contributed by atoms with E-state index in [1.54, 1.807) is 0 Å². The highest BCUT2D eigenvalue weighted by molar-refractivity contribution is 7.25. The molecular weight excluding hydrogens is 687 g/mol. The van der Waals surface area contributed by atoms with Gasteiger partial charge in [0.25, 0.3) is 0 Å². The molecule has 2 nitrogen and oxygen atoms in total. The lowest BCUT2D eigenvalue weighted by molar-refractivity contribution is 0.670. The van der Waals surface area contributed by atoms with Crippen LogP contribution in [0.1, 0.15) is 0 Å². The highest BCUT2D eigenvalue weighted by Gasteiger charge is 2.18. The van der Waals surface area contributed by atoms with Crippen LogP contribution in [0, 0.1) is 0 Å². The van der Waals surface area contributed by atoms with Crippen molar-refractivity contribution < 1.29 is 4.42 Å². The summed E-state index contributed by atoms with van der Waals surface area (Å²) in [5, 5.41) is 7.37. The largest absolute Gasteiger partial charge is 0.455 e. The van der Waals surface area contributed by atoms with Gasteiger partial charge in [-0.05, 0) is 93.2 Å². The normalized spacial score (nSPS) is 11.6. The zero-order valence-corrected chi connectivity index (χ0v) is 30.6. The SMILES string of the molecule is c1cc(-c2cccc3ccccc23)cc(N(c2ccc(-c3cccc4c3oc3ccccc34)cc2)c2cccc(-c3cccc4sc5ccccc5c34)c2)c1. The maximum absolute atomic E-state index is 6.44. The summed E-state index contributed by atoms with van der Waals surface area (Å²) in [4.78, 5) is 2.38. The first-order valence-corrected chi connectivity index (χ1v) is 19.5. The molecule has 0 bridgehead atoms. The Bertz CT molecular complexity index is 3220. The number of thiophene rings is 1. The van der Waals surface area contributed by atoms with Gasteiger partial charge in [0, 0.05) is 53.6 Å². The van der Waals surface area contributed by atoms with Crippen LogP contribution in [-0.2, 0) is 0 Å². The van der Waals surface area contributed by atoms with Crippen LogP contribution in [0.15, 0.2) is 205 Å². The van der Waals surface area contributed by atoms with E-state index in [4.69, 9.17) is 4.42 Å². The Morgan fingerprint density at radius 3 is 1.78 bits per heavy atom. The summed E-state index contributed by atoms with van der Waals surface area (Å²) in [5.74, 6) is 0. The number of hydrogen-bond donors (Lipinski definition) is 0. The highest BCUT2D eigenvalue weighted by atomic mass is 32.1. The summed E-state index contributed by atoms with van der Waals surface area (Å²) in [6, 6.07) is 72.2. The molecule has 0 amide bonds. The van der Waals surface area contributed by atoms with E-state index in [9.17, 15) is 0 Å². The summed E-state index contributed by atoms with van der Waals surface area (Å²) >= 11 is 1.86. The zero-order chi connectivity index (χ0) is 36.3. The molecule has 9 aromatic carbocycles. The van der Waals surface area contributed by atoms with E-state index in [2.05, 4.69) is 193 Å². The number of hydrogen-bond acceptors (Lipinski definition) is 3. The first kappa shape index (κ1) is 31.6. The highest BCUT2D eigenvalue weighted by Crippen LogP contribution is 2.44. The molecule has 0 unspecified atom stereocenters. The Kier molecular flexibility index (Phi) is 7.39. The Morgan fingerprint density at radius 1 is 0.364 bits per heavy atom. The topological polar surface area (TPSA) is 16.4 Å². The van der Waals surface area contributed by atoms with Crippen LogP contribution in [0.2, 0.25) is 0 Å². The Labute approximate surface area is 322 Å². The molecule has 3 heteroatoms. The van der Waals surface area contributed by atoms with E-state index in [1.165, 1.54) is 53.2 Å². The number of benzene rings is 9. The van der Waals surface area contributed by atoms with E-state index in [1.807, 2.05) is 23.5 Å². The molecule has 0 spiro atoms. The van der Waals surface area contributed by atoms with Gasteiger partial charge in [-0.25, -0.2) is 0 Å².